The van der Waals surface area contributed by atoms with E-state index in [1.54, 1.807) is 0 Å². The second kappa shape index (κ2) is 2.98. The normalized spacial score (nSPS) is 32.4. The van der Waals surface area contributed by atoms with Crippen molar-refractivity contribution in [2.24, 2.45) is 22.7 Å². The number of rotatable bonds is 3. The summed E-state index contributed by atoms with van der Waals surface area (Å²) in [6.07, 6.45) is 5.09. The summed E-state index contributed by atoms with van der Waals surface area (Å²) in [7, 11) is 0. The first-order valence-electron chi connectivity index (χ1n) is 6.05. The van der Waals surface area contributed by atoms with Crippen LogP contribution in [0.5, 0.6) is 0 Å². The van der Waals surface area contributed by atoms with Crippen LogP contribution in [-0.2, 0) is 0 Å². The molecule has 2 aliphatic rings. The average Bonchev–Trinajstić information content (AvgIpc) is 2.34. The molecule has 0 aromatic carbocycles. The van der Waals surface area contributed by atoms with Crippen molar-refractivity contribution < 1.29 is 5.11 Å². The molecule has 82 valence electrons. The fourth-order valence-electron chi connectivity index (χ4n) is 3.42. The van der Waals surface area contributed by atoms with Gasteiger partial charge < -0.3 is 5.11 Å². The largest absolute Gasteiger partial charge is 0.393 e. The van der Waals surface area contributed by atoms with Crippen LogP contribution in [-0.4, -0.2) is 11.2 Å². The van der Waals surface area contributed by atoms with E-state index in [0.29, 0.717) is 16.7 Å². The van der Waals surface area contributed by atoms with Crippen molar-refractivity contribution in [3.8, 4) is 0 Å². The first-order valence-corrected chi connectivity index (χ1v) is 6.05. The predicted molar refractivity (Wildman–Crippen MR) is 59.0 cm³/mol. The van der Waals surface area contributed by atoms with Crippen LogP contribution in [0.1, 0.15) is 53.4 Å². The van der Waals surface area contributed by atoms with Crippen LogP contribution in [0.3, 0.4) is 0 Å². The minimum absolute atomic E-state index is 0.0506. The van der Waals surface area contributed by atoms with Crippen LogP contribution in [0, 0.1) is 22.7 Å². The lowest BCUT2D eigenvalue weighted by atomic mass is 9.80. The van der Waals surface area contributed by atoms with Gasteiger partial charge >= 0.3 is 0 Å². The molecule has 2 aliphatic carbocycles. The molecule has 0 aromatic rings. The zero-order valence-electron chi connectivity index (χ0n) is 10.0. The Labute approximate surface area is 87.9 Å². The van der Waals surface area contributed by atoms with Crippen LogP contribution >= 0.6 is 0 Å². The minimum Gasteiger partial charge on any atom is -0.393 e. The zero-order chi connectivity index (χ0) is 10.6. The van der Waals surface area contributed by atoms with Crippen molar-refractivity contribution in [1.29, 1.82) is 0 Å². The third kappa shape index (κ3) is 1.32. The molecule has 2 rings (SSSR count). The SMILES string of the molecule is CC1(C)C(C(O)CC2CCC2)C1(C)C. The third-order valence-electron chi connectivity index (χ3n) is 5.32. The smallest absolute Gasteiger partial charge is 0.0581 e. The summed E-state index contributed by atoms with van der Waals surface area (Å²) in [5, 5.41) is 10.2. The van der Waals surface area contributed by atoms with E-state index in [4.69, 9.17) is 0 Å². The van der Waals surface area contributed by atoms with Crippen molar-refractivity contribution >= 4 is 0 Å². The first-order chi connectivity index (χ1) is 6.37. The van der Waals surface area contributed by atoms with E-state index in [-0.39, 0.29) is 6.10 Å². The van der Waals surface area contributed by atoms with Crippen LogP contribution in [0.4, 0.5) is 0 Å². The van der Waals surface area contributed by atoms with E-state index in [2.05, 4.69) is 27.7 Å². The molecule has 0 aliphatic heterocycles. The summed E-state index contributed by atoms with van der Waals surface area (Å²) in [6.45, 7) is 9.17. The highest BCUT2D eigenvalue weighted by Crippen LogP contribution is 2.70. The molecule has 1 unspecified atom stereocenters. The van der Waals surface area contributed by atoms with Crippen molar-refractivity contribution in [3.05, 3.63) is 0 Å². The van der Waals surface area contributed by atoms with Crippen molar-refractivity contribution in [1.82, 2.24) is 0 Å². The Morgan fingerprint density at radius 2 is 1.64 bits per heavy atom. The standard InChI is InChI=1S/C13H24O/c1-12(2)11(13(12,3)4)10(14)8-9-6-5-7-9/h9-11,14H,5-8H2,1-4H3. The average molecular weight is 196 g/mol. The topological polar surface area (TPSA) is 20.2 Å². The molecule has 0 aromatic heterocycles. The summed E-state index contributed by atoms with van der Waals surface area (Å²) in [5.74, 6) is 1.35. The van der Waals surface area contributed by atoms with Gasteiger partial charge in [0.25, 0.3) is 0 Å². The maximum atomic E-state index is 10.2. The Morgan fingerprint density at radius 1 is 1.14 bits per heavy atom. The maximum Gasteiger partial charge on any atom is 0.0581 e. The van der Waals surface area contributed by atoms with Gasteiger partial charge in [-0.3, -0.25) is 0 Å². The third-order valence-corrected chi connectivity index (χ3v) is 5.32. The summed E-state index contributed by atoms with van der Waals surface area (Å²) in [6, 6.07) is 0. The molecule has 2 fully saturated rings. The van der Waals surface area contributed by atoms with E-state index < -0.39 is 0 Å². The Bertz CT molecular complexity index is 211. The lowest BCUT2D eigenvalue weighted by Gasteiger charge is -2.28. The first kappa shape index (κ1) is 10.5. The highest BCUT2D eigenvalue weighted by atomic mass is 16.3. The maximum absolute atomic E-state index is 10.2. The van der Waals surface area contributed by atoms with Gasteiger partial charge in [-0.1, -0.05) is 47.0 Å². The van der Waals surface area contributed by atoms with E-state index in [1.807, 2.05) is 0 Å². The van der Waals surface area contributed by atoms with Gasteiger partial charge in [0.05, 0.1) is 6.10 Å². The van der Waals surface area contributed by atoms with Crippen LogP contribution in [0.15, 0.2) is 0 Å². The molecular weight excluding hydrogens is 172 g/mol. The second-order valence-electron chi connectivity index (χ2n) is 6.52. The highest BCUT2D eigenvalue weighted by molar-refractivity contribution is 5.14. The Hall–Kier alpha value is -0.0400. The molecule has 0 amide bonds. The monoisotopic (exact) mass is 196 g/mol. The summed E-state index contributed by atoms with van der Waals surface area (Å²) in [5.41, 5.74) is 0.687. The van der Waals surface area contributed by atoms with Gasteiger partial charge in [-0.05, 0) is 29.1 Å². The quantitative estimate of drug-likeness (QED) is 0.735. The fraction of sp³-hybridized carbons (Fsp3) is 1.00. The molecule has 1 heteroatoms. The minimum atomic E-state index is -0.0506. The van der Waals surface area contributed by atoms with Gasteiger partial charge in [0.2, 0.25) is 0 Å². The lowest BCUT2D eigenvalue weighted by molar-refractivity contribution is 0.0826. The summed E-state index contributed by atoms with van der Waals surface area (Å²) >= 11 is 0. The van der Waals surface area contributed by atoms with Gasteiger partial charge in [-0.15, -0.1) is 0 Å². The predicted octanol–water partition coefficient (Wildman–Crippen LogP) is 3.22. The van der Waals surface area contributed by atoms with Gasteiger partial charge in [0, 0.05) is 0 Å². The molecule has 1 nitrogen and oxygen atoms in total. The Balaban J connectivity index is 1.90. The molecule has 0 saturated heterocycles. The molecular formula is C13H24O. The van der Waals surface area contributed by atoms with Crippen LogP contribution < -0.4 is 0 Å². The van der Waals surface area contributed by atoms with E-state index in [1.165, 1.54) is 19.3 Å². The van der Waals surface area contributed by atoms with Gasteiger partial charge in [0.15, 0.2) is 0 Å². The lowest BCUT2D eigenvalue weighted by Crippen LogP contribution is -2.22. The number of aliphatic hydroxyl groups excluding tert-OH is 1. The summed E-state index contributed by atoms with van der Waals surface area (Å²) in [4.78, 5) is 0. The van der Waals surface area contributed by atoms with Gasteiger partial charge in [-0.25, -0.2) is 0 Å². The van der Waals surface area contributed by atoms with Crippen molar-refractivity contribution in [2.75, 3.05) is 0 Å². The molecule has 0 spiro atoms. The fourth-order valence-corrected chi connectivity index (χ4v) is 3.42. The zero-order valence-corrected chi connectivity index (χ0v) is 10.0. The molecule has 1 atom stereocenters. The summed E-state index contributed by atoms with van der Waals surface area (Å²) < 4.78 is 0. The van der Waals surface area contributed by atoms with E-state index >= 15 is 0 Å². The molecule has 0 bridgehead atoms. The Morgan fingerprint density at radius 3 is 1.93 bits per heavy atom. The van der Waals surface area contributed by atoms with Crippen molar-refractivity contribution in [3.63, 3.8) is 0 Å². The van der Waals surface area contributed by atoms with E-state index in [9.17, 15) is 5.11 Å². The number of aliphatic hydroxyl groups is 1. The molecule has 1 N–H and O–H groups in total. The highest BCUT2D eigenvalue weighted by Gasteiger charge is 2.67. The molecule has 0 heterocycles. The molecule has 0 radical (unpaired) electrons. The van der Waals surface area contributed by atoms with E-state index in [0.717, 1.165) is 12.3 Å². The molecule has 2 saturated carbocycles. The second-order valence-corrected chi connectivity index (χ2v) is 6.52. The van der Waals surface area contributed by atoms with Crippen LogP contribution in [0.2, 0.25) is 0 Å². The van der Waals surface area contributed by atoms with Gasteiger partial charge in [-0.2, -0.15) is 0 Å². The number of hydrogen-bond acceptors (Lipinski definition) is 1. The molecule has 14 heavy (non-hydrogen) atoms. The Kier molecular flexibility index (Phi) is 2.23. The van der Waals surface area contributed by atoms with Gasteiger partial charge in [0.1, 0.15) is 0 Å². The number of hydrogen-bond donors (Lipinski definition) is 1. The van der Waals surface area contributed by atoms with Crippen molar-refractivity contribution in [2.45, 2.75) is 59.5 Å². The van der Waals surface area contributed by atoms with Crippen LogP contribution in [0.25, 0.3) is 0 Å².